The number of nitrogens with zero attached hydrogens (tertiary/aromatic N) is 3. The molecule has 2 bridgehead atoms. The van der Waals surface area contributed by atoms with Gasteiger partial charge in [0, 0.05) is 30.9 Å². The van der Waals surface area contributed by atoms with Gasteiger partial charge < -0.3 is 19.8 Å². The third-order valence-electron chi connectivity index (χ3n) is 8.31. The van der Waals surface area contributed by atoms with Crippen molar-refractivity contribution in [2.45, 2.75) is 55.6 Å². The summed E-state index contributed by atoms with van der Waals surface area (Å²) in [5.41, 5.74) is 1.43. The van der Waals surface area contributed by atoms with E-state index in [0.29, 0.717) is 30.2 Å². The van der Waals surface area contributed by atoms with E-state index in [2.05, 4.69) is 20.1 Å². The number of hydrogen-bond donors (Lipinski definition) is 1. The Bertz CT molecular complexity index is 1120. The van der Waals surface area contributed by atoms with Crippen LogP contribution in [0.4, 0.5) is 5.69 Å². The molecule has 1 N–H and O–H groups in total. The molecule has 0 aromatic heterocycles. The van der Waals surface area contributed by atoms with E-state index in [-0.39, 0.29) is 37.4 Å². The van der Waals surface area contributed by atoms with Gasteiger partial charge in [0.15, 0.2) is 0 Å². The highest BCUT2D eigenvalue weighted by atomic mass is 35.5. The number of amides is 3. The van der Waals surface area contributed by atoms with Gasteiger partial charge in [0.05, 0.1) is 33.9 Å². The second-order valence-electron chi connectivity index (χ2n) is 10.7. The SMILES string of the molecule is C=CCN(CCC)C(=O)[C@H]1[C@H]2C(=O)N(CCO)C(C(=O)N(CC=C)c3c(C)cccc3Cl)C23CC[C@]1(C)S3. The smallest absolute Gasteiger partial charge is 0.251 e. The van der Waals surface area contributed by atoms with Crippen LogP contribution >= 0.6 is 23.4 Å². The van der Waals surface area contributed by atoms with Crippen molar-refractivity contribution in [3.8, 4) is 0 Å². The molecule has 0 aliphatic carbocycles. The summed E-state index contributed by atoms with van der Waals surface area (Å²) in [5.74, 6) is -1.72. The summed E-state index contributed by atoms with van der Waals surface area (Å²) in [6.45, 7) is 14.6. The van der Waals surface area contributed by atoms with E-state index in [0.717, 1.165) is 18.4 Å². The Kier molecular flexibility index (Phi) is 8.36. The molecule has 2 unspecified atom stereocenters. The lowest BCUT2D eigenvalue weighted by molar-refractivity contribution is -0.145. The molecular weight excluding hydrogens is 522 g/mol. The lowest BCUT2D eigenvalue weighted by Crippen LogP contribution is -2.55. The minimum atomic E-state index is -0.827. The molecule has 3 amide bonds. The average Bonchev–Trinajstić information content (AvgIpc) is 3.43. The fourth-order valence-electron chi connectivity index (χ4n) is 6.88. The van der Waals surface area contributed by atoms with Gasteiger partial charge in [-0.05, 0) is 44.7 Å². The number of para-hydroxylation sites is 1. The lowest BCUT2D eigenvalue weighted by Gasteiger charge is -2.38. The summed E-state index contributed by atoms with van der Waals surface area (Å²) < 4.78 is -1.23. The first-order chi connectivity index (χ1) is 18.1. The zero-order chi connectivity index (χ0) is 27.8. The maximum Gasteiger partial charge on any atom is 0.251 e. The van der Waals surface area contributed by atoms with Crippen LogP contribution in [0.3, 0.4) is 0 Å². The lowest BCUT2D eigenvalue weighted by atomic mass is 9.66. The van der Waals surface area contributed by atoms with E-state index in [4.69, 9.17) is 11.6 Å². The molecule has 3 aliphatic heterocycles. The van der Waals surface area contributed by atoms with Crippen LogP contribution in [0, 0.1) is 18.8 Å². The van der Waals surface area contributed by atoms with Crippen LogP contribution in [0.15, 0.2) is 43.5 Å². The van der Waals surface area contributed by atoms with Crippen LogP contribution in [-0.4, -0.2) is 80.9 Å². The quantitative estimate of drug-likeness (QED) is 0.413. The van der Waals surface area contributed by atoms with Crippen molar-refractivity contribution in [1.82, 2.24) is 9.80 Å². The zero-order valence-electron chi connectivity index (χ0n) is 22.5. The van der Waals surface area contributed by atoms with E-state index >= 15 is 0 Å². The van der Waals surface area contributed by atoms with Crippen molar-refractivity contribution in [2.75, 3.05) is 37.7 Å². The first-order valence-corrected chi connectivity index (χ1v) is 14.5. The third-order valence-corrected chi connectivity index (χ3v) is 10.6. The van der Waals surface area contributed by atoms with Crippen molar-refractivity contribution in [3.63, 3.8) is 0 Å². The van der Waals surface area contributed by atoms with Gasteiger partial charge in [0.1, 0.15) is 6.04 Å². The number of β-amino-alcohol motifs (C(OH)–C–C–N with tert-alkyl or cyclic N) is 1. The summed E-state index contributed by atoms with van der Waals surface area (Å²) >= 11 is 8.22. The summed E-state index contributed by atoms with van der Waals surface area (Å²) in [7, 11) is 0. The number of aliphatic hydroxyl groups excluding tert-OH is 1. The number of aryl methyl sites for hydroxylation is 1. The van der Waals surface area contributed by atoms with Crippen molar-refractivity contribution in [2.24, 2.45) is 11.8 Å². The summed E-state index contributed by atoms with van der Waals surface area (Å²) in [5, 5.41) is 10.4. The van der Waals surface area contributed by atoms with Gasteiger partial charge in [0.25, 0.3) is 5.91 Å². The highest BCUT2D eigenvalue weighted by Crippen LogP contribution is 2.71. The van der Waals surface area contributed by atoms with Crippen LogP contribution in [0.2, 0.25) is 5.02 Å². The van der Waals surface area contributed by atoms with Gasteiger partial charge in [-0.2, -0.15) is 0 Å². The van der Waals surface area contributed by atoms with Crippen LogP contribution in [0.5, 0.6) is 0 Å². The topological polar surface area (TPSA) is 81.2 Å². The number of carbonyl (C=O) groups is 3. The van der Waals surface area contributed by atoms with Crippen molar-refractivity contribution < 1.29 is 19.5 Å². The van der Waals surface area contributed by atoms with Crippen molar-refractivity contribution in [1.29, 1.82) is 0 Å². The van der Waals surface area contributed by atoms with E-state index in [1.807, 2.05) is 26.0 Å². The second-order valence-corrected chi connectivity index (χ2v) is 13.0. The molecule has 1 aromatic carbocycles. The molecule has 206 valence electrons. The maximum atomic E-state index is 14.5. The Morgan fingerprint density at radius 1 is 1.24 bits per heavy atom. The van der Waals surface area contributed by atoms with E-state index < -0.39 is 27.4 Å². The molecule has 1 aromatic rings. The summed E-state index contributed by atoms with van der Waals surface area (Å²) in [4.78, 5) is 47.6. The third kappa shape index (κ3) is 4.38. The van der Waals surface area contributed by atoms with Crippen LogP contribution in [0.1, 0.15) is 38.7 Å². The van der Waals surface area contributed by atoms with Crippen molar-refractivity contribution in [3.05, 3.63) is 54.1 Å². The number of halogens is 1. The highest BCUT2D eigenvalue weighted by molar-refractivity contribution is 8.02. The molecular formula is C29H38ClN3O4S. The number of rotatable bonds is 11. The number of carbonyl (C=O) groups excluding carboxylic acids is 3. The molecule has 9 heteroatoms. The normalized spacial score (nSPS) is 29.3. The van der Waals surface area contributed by atoms with Gasteiger partial charge in [-0.3, -0.25) is 14.4 Å². The minimum Gasteiger partial charge on any atom is -0.395 e. The number of fused-ring (bicyclic) bond motifs is 1. The fourth-order valence-corrected chi connectivity index (χ4v) is 9.54. The molecule has 3 heterocycles. The van der Waals surface area contributed by atoms with Crippen LogP contribution in [0.25, 0.3) is 0 Å². The highest BCUT2D eigenvalue weighted by Gasteiger charge is 2.77. The Morgan fingerprint density at radius 2 is 1.95 bits per heavy atom. The molecule has 0 radical (unpaired) electrons. The van der Waals surface area contributed by atoms with Crippen molar-refractivity contribution >= 4 is 46.8 Å². The Balaban J connectivity index is 1.82. The minimum absolute atomic E-state index is 0.0282. The van der Waals surface area contributed by atoms with Gasteiger partial charge in [0.2, 0.25) is 11.8 Å². The molecule has 1 spiro atoms. The fraction of sp³-hybridized carbons (Fsp3) is 0.552. The number of aliphatic hydroxyl groups is 1. The average molecular weight is 560 g/mol. The summed E-state index contributed by atoms with van der Waals surface area (Å²) in [6, 6.07) is 4.64. The standard InChI is InChI=1S/C29H38ClN3O4S/c1-6-14-31(15-7-2)25(35)21-22-26(36)33(17-18-34)24(29(22)13-12-28(21,5)38-29)27(37)32(16-8-3)23-19(4)10-9-11-20(23)30/h6,8-11,21-22,24,34H,1,3,7,12-18H2,2,4-5H3/t21-,22+,24?,28+,29?/m1/s1. The Hall–Kier alpha value is -2.29. The monoisotopic (exact) mass is 559 g/mol. The first kappa shape index (κ1) is 28.7. The molecule has 0 saturated carbocycles. The largest absolute Gasteiger partial charge is 0.395 e. The number of anilines is 1. The molecule has 38 heavy (non-hydrogen) atoms. The predicted molar refractivity (Wildman–Crippen MR) is 153 cm³/mol. The molecule has 3 aliphatic rings. The second kappa shape index (κ2) is 11.1. The number of hydrogen-bond acceptors (Lipinski definition) is 5. The Morgan fingerprint density at radius 3 is 2.55 bits per heavy atom. The Labute approximate surface area is 234 Å². The predicted octanol–water partition coefficient (Wildman–Crippen LogP) is 4.07. The van der Waals surface area contributed by atoms with Gasteiger partial charge >= 0.3 is 0 Å². The molecule has 4 rings (SSSR count). The number of thioether (sulfide) groups is 1. The number of benzene rings is 1. The molecule has 7 nitrogen and oxygen atoms in total. The number of likely N-dealkylation sites (tertiary alicyclic amines) is 1. The first-order valence-electron chi connectivity index (χ1n) is 13.3. The van der Waals surface area contributed by atoms with E-state index in [9.17, 15) is 19.5 Å². The van der Waals surface area contributed by atoms with Gasteiger partial charge in [-0.15, -0.1) is 24.9 Å². The van der Waals surface area contributed by atoms with Gasteiger partial charge in [-0.25, -0.2) is 0 Å². The van der Waals surface area contributed by atoms with E-state index in [1.54, 1.807) is 39.8 Å². The van der Waals surface area contributed by atoms with Crippen LogP contribution < -0.4 is 4.90 Å². The zero-order valence-corrected chi connectivity index (χ0v) is 24.1. The van der Waals surface area contributed by atoms with Crippen LogP contribution in [-0.2, 0) is 14.4 Å². The molecule has 5 atom stereocenters. The maximum absolute atomic E-state index is 14.5. The van der Waals surface area contributed by atoms with E-state index in [1.165, 1.54) is 4.90 Å². The summed E-state index contributed by atoms with van der Waals surface area (Å²) in [6.07, 6.45) is 5.53. The van der Waals surface area contributed by atoms with Gasteiger partial charge in [-0.1, -0.05) is 42.8 Å². The molecule has 3 saturated heterocycles. The molecule has 3 fully saturated rings.